The van der Waals surface area contributed by atoms with Gasteiger partial charge in [-0.2, -0.15) is 0 Å². The number of ether oxygens (including phenoxy) is 1. The summed E-state index contributed by atoms with van der Waals surface area (Å²) in [5.74, 6) is 0.519. The fraction of sp³-hybridized carbons (Fsp3) is 0.200. The Morgan fingerprint density at radius 1 is 1.05 bits per heavy atom. The lowest BCUT2D eigenvalue weighted by atomic mass is 10.2. The van der Waals surface area contributed by atoms with Gasteiger partial charge in [0, 0.05) is 0 Å². The first kappa shape index (κ1) is 14.4. The van der Waals surface area contributed by atoms with Gasteiger partial charge in [0.1, 0.15) is 5.75 Å². The summed E-state index contributed by atoms with van der Waals surface area (Å²) in [5, 5.41) is 0. The molecule has 2 rings (SSSR count). The van der Waals surface area contributed by atoms with Crippen LogP contribution >= 0.6 is 0 Å². The minimum atomic E-state index is -3.60. The Balaban J connectivity index is 2.31. The van der Waals surface area contributed by atoms with Crippen LogP contribution in [0.2, 0.25) is 0 Å². The third-order valence-corrected chi connectivity index (χ3v) is 4.14. The minimum Gasteiger partial charge on any atom is -0.492 e. The largest absolute Gasteiger partial charge is 0.492 e. The molecule has 0 heterocycles. The first-order valence-electron chi connectivity index (χ1n) is 6.34. The van der Waals surface area contributed by atoms with Crippen LogP contribution in [0.15, 0.2) is 53.4 Å². The lowest BCUT2D eigenvalue weighted by molar-refractivity contribution is 0.342. The monoisotopic (exact) mass is 291 g/mol. The van der Waals surface area contributed by atoms with Gasteiger partial charge in [0.25, 0.3) is 10.0 Å². The van der Waals surface area contributed by atoms with Gasteiger partial charge in [-0.05, 0) is 38.1 Å². The van der Waals surface area contributed by atoms with Crippen molar-refractivity contribution < 1.29 is 13.2 Å². The molecule has 0 aromatic heterocycles. The average molecular weight is 291 g/mol. The molecule has 5 heteroatoms. The number of rotatable bonds is 5. The SMILES string of the molecule is CCOc1ccccc1NS(=O)(=O)c1ccc(C)cc1. The lowest BCUT2D eigenvalue weighted by Crippen LogP contribution is -2.13. The van der Waals surface area contributed by atoms with Crippen molar-refractivity contribution >= 4 is 15.7 Å². The number of hydrogen-bond donors (Lipinski definition) is 1. The molecule has 0 amide bonds. The smallest absolute Gasteiger partial charge is 0.262 e. The van der Waals surface area contributed by atoms with Gasteiger partial charge in [0.05, 0.1) is 17.2 Å². The van der Waals surface area contributed by atoms with Crippen LogP contribution < -0.4 is 9.46 Å². The van der Waals surface area contributed by atoms with E-state index in [1.165, 1.54) is 0 Å². The minimum absolute atomic E-state index is 0.231. The summed E-state index contributed by atoms with van der Waals surface area (Å²) in [7, 11) is -3.60. The van der Waals surface area contributed by atoms with Crippen LogP contribution in [0, 0.1) is 6.92 Å². The van der Waals surface area contributed by atoms with E-state index in [1.807, 2.05) is 13.8 Å². The van der Waals surface area contributed by atoms with E-state index in [0.717, 1.165) is 5.56 Å². The van der Waals surface area contributed by atoms with Gasteiger partial charge in [-0.3, -0.25) is 4.72 Å². The Kier molecular flexibility index (Phi) is 4.29. The molecule has 0 spiro atoms. The second-order valence-corrected chi connectivity index (χ2v) is 6.03. The molecular formula is C15H17NO3S. The van der Waals surface area contributed by atoms with Crippen molar-refractivity contribution in [1.82, 2.24) is 0 Å². The number of anilines is 1. The summed E-state index contributed by atoms with van der Waals surface area (Å²) < 4.78 is 32.6. The zero-order valence-corrected chi connectivity index (χ0v) is 12.3. The Bertz CT molecular complexity index is 679. The third-order valence-electron chi connectivity index (χ3n) is 2.76. The third kappa shape index (κ3) is 3.30. The fourth-order valence-electron chi connectivity index (χ4n) is 1.75. The summed E-state index contributed by atoms with van der Waals surface area (Å²) in [6.07, 6.45) is 0. The molecule has 0 aliphatic carbocycles. The van der Waals surface area contributed by atoms with Gasteiger partial charge in [0.15, 0.2) is 0 Å². The van der Waals surface area contributed by atoms with E-state index in [2.05, 4.69) is 4.72 Å². The zero-order valence-electron chi connectivity index (χ0n) is 11.5. The van der Waals surface area contributed by atoms with Crippen LogP contribution in [0.5, 0.6) is 5.75 Å². The molecule has 0 saturated heterocycles. The molecular weight excluding hydrogens is 274 g/mol. The Morgan fingerprint density at radius 3 is 2.35 bits per heavy atom. The van der Waals surface area contributed by atoms with Crippen molar-refractivity contribution in [2.75, 3.05) is 11.3 Å². The molecule has 4 nitrogen and oxygen atoms in total. The van der Waals surface area contributed by atoms with E-state index >= 15 is 0 Å². The maximum absolute atomic E-state index is 12.3. The molecule has 0 aliphatic rings. The molecule has 0 aliphatic heterocycles. The molecule has 20 heavy (non-hydrogen) atoms. The van der Waals surface area contributed by atoms with Crippen molar-refractivity contribution in [2.24, 2.45) is 0 Å². The van der Waals surface area contributed by atoms with Gasteiger partial charge < -0.3 is 4.74 Å². The highest BCUT2D eigenvalue weighted by Crippen LogP contribution is 2.26. The molecule has 1 N–H and O–H groups in total. The Labute approximate surface area is 119 Å². The van der Waals surface area contributed by atoms with E-state index in [9.17, 15) is 8.42 Å². The van der Waals surface area contributed by atoms with Crippen LogP contribution in [0.4, 0.5) is 5.69 Å². The van der Waals surface area contributed by atoms with Crippen LogP contribution in [-0.2, 0) is 10.0 Å². The van der Waals surface area contributed by atoms with Gasteiger partial charge in [-0.15, -0.1) is 0 Å². The summed E-state index contributed by atoms with van der Waals surface area (Å²) in [6.45, 7) is 4.24. The maximum atomic E-state index is 12.3. The topological polar surface area (TPSA) is 55.4 Å². The van der Waals surface area contributed by atoms with Crippen LogP contribution in [-0.4, -0.2) is 15.0 Å². The number of aryl methyl sites for hydroxylation is 1. The lowest BCUT2D eigenvalue weighted by Gasteiger charge is -2.12. The van der Waals surface area contributed by atoms with Gasteiger partial charge in [0.2, 0.25) is 0 Å². The van der Waals surface area contributed by atoms with Crippen molar-refractivity contribution in [1.29, 1.82) is 0 Å². The van der Waals surface area contributed by atoms with Crippen molar-refractivity contribution in [3.05, 3.63) is 54.1 Å². The van der Waals surface area contributed by atoms with E-state index < -0.39 is 10.0 Å². The maximum Gasteiger partial charge on any atom is 0.262 e. The highest BCUT2D eigenvalue weighted by atomic mass is 32.2. The predicted octanol–water partition coefficient (Wildman–Crippen LogP) is 3.19. The summed E-state index contributed by atoms with van der Waals surface area (Å²) in [6, 6.07) is 13.7. The summed E-state index contributed by atoms with van der Waals surface area (Å²) in [4.78, 5) is 0.231. The number of para-hydroxylation sites is 2. The summed E-state index contributed by atoms with van der Waals surface area (Å²) in [5.41, 5.74) is 1.45. The van der Waals surface area contributed by atoms with E-state index in [-0.39, 0.29) is 4.90 Å². The number of hydrogen-bond acceptors (Lipinski definition) is 3. The number of sulfonamides is 1. The van der Waals surface area contributed by atoms with Crippen LogP contribution in [0.25, 0.3) is 0 Å². The molecule has 0 bridgehead atoms. The Hall–Kier alpha value is -2.01. The quantitative estimate of drug-likeness (QED) is 0.920. The average Bonchev–Trinajstić information content (AvgIpc) is 2.41. The highest BCUT2D eigenvalue weighted by Gasteiger charge is 2.15. The number of nitrogens with one attached hydrogen (secondary N) is 1. The standard InChI is InChI=1S/C15H17NO3S/c1-3-19-15-7-5-4-6-14(15)16-20(17,18)13-10-8-12(2)9-11-13/h4-11,16H,3H2,1-2H3. The molecule has 106 valence electrons. The van der Waals surface area contributed by atoms with Crippen LogP contribution in [0.3, 0.4) is 0 Å². The molecule has 0 saturated carbocycles. The van der Waals surface area contributed by atoms with Crippen LogP contribution in [0.1, 0.15) is 12.5 Å². The summed E-state index contributed by atoms with van der Waals surface area (Å²) >= 11 is 0. The first-order valence-corrected chi connectivity index (χ1v) is 7.82. The van der Waals surface area contributed by atoms with Crippen molar-refractivity contribution in [3.63, 3.8) is 0 Å². The molecule has 0 unspecified atom stereocenters. The number of benzene rings is 2. The van der Waals surface area contributed by atoms with Gasteiger partial charge >= 0.3 is 0 Å². The first-order chi connectivity index (χ1) is 9.53. The van der Waals surface area contributed by atoms with Gasteiger partial charge in [-0.1, -0.05) is 29.8 Å². The predicted molar refractivity (Wildman–Crippen MR) is 79.6 cm³/mol. The molecule has 0 radical (unpaired) electrons. The Morgan fingerprint density at radius 2 is 1.70 bits per heavy atom. The molecule has 2 aromatic rings. The van der Waals surface area contributed by atoms with Gasteiger partial charge in [-0.25, -0.2) is 8.42 Å². The normalized spacial score (nSPS) is 11.1. The van der Waals surface area contributed by atoms with Crippen molar-refractivity contribution in [2.45, 2.75) is 18.7 Å². The molecule has 2 aromatic carbocycles. The zero-order chi connectivity index (χ0) is 14.6. The second-order valence-electron chi connectivity index (χ2n) is 4.35. The second kappa shape index (κ2) is 5.96. The fourth-order valence-corrected chi connectivity index (χ4v) is 2.82. The molecule has 0 fully saturated rings. The molecule has 0 atom stereocenters. The van der Waals surface area contributed by atoms with Crippen molar-refractivity contribution in [3.8, 4) is 5.75 Å². The van der Waals surface area contributed by atoms with E-state index in [1.54, 1.807) is 48.5 Å². The van der Waals surface area contributed by atoms with E-state index in [4.69, 9.17) is 4.74 Å². The highest BCUT2D eigenvalue weighted by molar-refractivity contribution is 7.92. The van der Waals surface area contributed by atoms with E-state index in [0.29, 0.717) is 18.0 Å².